The molecule has 0 bridgehead atoms. The van der Waals surface area contributed by atoms with E-state index in [-0.39, 0.29) is 5.56 Å². The molecule has 0 fully saturated rings. The summed E-state index contributed by atoms with van der Waals surface area (Å²) in [6.45, 7) is 3.93. The third-order valence-corrected chi connectivity index (χ3v) is 3.40. The molecule has 4 heteroatoms. The van der Waals surface area contributed by atoms with Crippen molar-refractivity contribution >= 4 is 11.6 Å². The van der Waals surface area contributed by atoms with Gasteiger partial charge in [0.2, 0.25) is 0 Å². The molecule has 0 aromatic heterocycles. The van der Waals surface area contributed by atoms with E-state index in [0.717, 1.165) is 23.2 Å². The Morgan fingerprint density at radius 3 is 2.67 bits per heavy atom. The first-order valence-electron chi connectivity index (χ1n) is 6.80. The Morgan fingerprint density at radius 2 is 2.05 bits per heavy atom. The van der Waals surface area contributed by atoms with Crippen molar-refractivity contribution in [3.05, 3.63) is 58.9 Å². The highest BCUT2D eigenvalue weighted by Gasteiger charge is 2.15. The maximum atomic E-state index is 13.9. The van der Waals surface area contributed by atoms with Crippen molar-refractivity contribution in [3.8, 4) is 5.75 Å². The summed E-state index contributed by atoms with van der Waals surface area (Å²) in [5.41, 5.74) is 2.73. The fourth-order valence-corrected chi connectivity index (χ4v) is 2.19. The molecule has 3 nitrogen and oxygen atoms in total. The number of carbonyl (C=O) groups excluding carboxylic acids is 1. The Kier molecular flexibility index (Phi) is 4.58. The Labute approximate surface area is 123 Å². The standard InChI is InChI=1S/C17H18FNO2/c1-4-12-7-5-6-11(2)16(12)19-17(20)14-9-8-13(21-3)10-15(14)18/h5-10H,4H2,1-3H3,(H,19,20). The maximum Gasteiger partial charge on any atom is 0.258 e. The molecule has 0 aliphatic carbocycles. The fourth-order valence-electron chi connectivity index (χ4n) is 2.19. The van der Waals surface area contributed by atoms with Gasteiger partial charge < -0.3 is 10.1 Å². The summed E-state index contributed by atoms with van der Waals surface area (Å²) < 4.78 is 18.9. The lowest BCUT2D eigenvalue weighted by atomic mass is 10.1. The van der Waals surface area contributed by atoms with Gasteiger partial charge in [0.25, 0.3) is 5.91 Å². The molecule has 1 amide bonds. The predicted octanol–water partition coefficient (Wildman–Crippen LogP) is 3.96. The Bertz CT molecular complexity index is 668. The van der Waals surface area contributed by atoms with Gasteiger partial charge in [-0.05, 0) is 36.6 Å². The molecule has 2 aromatic carbocycles. The number of benzene rings is 2. The average Bonchev–Trinajstić information content (AvgIpc) is 2.48. The Morgan fingerprint density at radius 1 is 1.29 bits per heavy atom. The lowest BCUT2D eigenvalue weighted by Crippen LogP contribution is -2.16. The van der Waals surface area contributed by atoms with Gasteiger partial charge in [-0.2, -0.15) is 0 Å². The van der Waals surface area contributed by atoms with Gasteiger partial charge in [0.05, 0.1) is 12.7 Å². The molecule has 21 heavy (non-hydrogen) atoms. The summed E-state index contributed by atoms with van der Waals surface area (Å²) in [6, 6.07) is 10.0. The first kappa shape index (κ1) is 15.0. The van der Waals surface area contributed by atoms with E-state index in [1.165, 1.54) is 19.2 Å². The van der Waals surface area contributed by atoms with Crippen molar-refractivity contribution in [1.82, 2.24) is 0 Å². The normalized spacial score (nSPS) is 10.3. The molecule has 2 rings (SSSR count). The molecule has 0 unspecified atom stereocenters. The first-order chi connectivity index (χ1) is 10.1. The zero-order valence-corrected chi connectivity index (χ0v) is 12.4. The number of hydrogen-bond donors (Lipinski definition) is 1. The fraction of sp³-hybridized carbons (Fsp3) is 0.235. The zero-order valence-electron chi connectivity index (χ0n) is 12.4. The van der Waals surface area contributed by atoms with Crippen LogP contribution >= 0.6 is 0 Å². The molecule has 0 atom stereocenters. The highest BCUT2D eigenvalue weighted by molar-refractivity contribution is 6.05. The predicted molar refractivity (Wildman–Crippen MR) is 81.5 cm³/mol. The van der Waals surface area contributed by atoms with Gasteiger partial charge in [-0.1, -0.05) is 25.1 Å². The number of methoxy groups -OCH3 is 1. The van der Waals surface area contributed by atoms with Crippen LogP contribution in [0.5, 0.6) is 5.75 Å². The van der Waals surface area contributed by atoms with E-state index in [1.54, 1.807) is 6.07 Å². The van der Waals surface area contributed by atoms with E-state index in [1.807, 2.05) is 32.0 Å². The van der Waals surface area contributed by atoms with Gasteiger partial charge in [0.1, 0.15) is 11.6 Å². The van der Waals surface area contributed by atoms with Crippen molar-refractivity contribution in [2.24, 2.45) is 0 Å². The van der Waals surface area contributed by atoms with Crippen LogP contribution in [0.3, 0.4) is 0 Å². The van der Waals surface area contributed by atoms with Gasteiger partial charge in [-0.3, -0.25) is 4.79 Å². The van der Waals surface area contributed by atoms with E-state index in [9.17, 15) is 9.18 Å². The number of amides is 1. The number of para-hydroxylation sites is 1. The van der Waals surface area contributed by atoms with Crippen LogP contribution in [0.4, 0.5) is 10.1 Å². The highest BCUT2D eigenvalue weighted by atomic mass is 19.1. The lowest BCUT2D eigenvalue weighted by molar-refractivity contribution is 0.102. The third-order valence-electron chi connectivity index (χ3n) is 3.40. The SMILES string of the molecule is CCc1cccc(C)c1NC(=O)c1ccc(OC)cc1F. The summed E-state index contributed by atoms with van der Waals surface area (Å²) >= 11 is 0. The van der Waals surface area contributed by atoms with Crippen molar-refractivity contribution < 1.29 is 13.9 Å². The number of aryl methyl sites for hydroxylation is 2. The van der Waals surface area contributed by atoms with Gasteiger partial charge in [-0.25, -0.2) is 4.39 Å². The number of carbonyl (C=O) groups is 1. The van der Waals surface area contributed by atoms with E-state index < -0.39 is 11.7 Å². The van der Waals surface area contributed by atoms with E-state index in [4.69, 9.17) is 4.74 Å². The van der Waals surface area contributed by atoms with E-state index >= 15 is 0 Å². The van der Waals surface area contributed by atoms with Gasteiger partial charge in [0, 0.05) is 11.8 Å². The second-order valence-corrected chi connectivity index (χ2v) is 4.76. The number of anilines is 1. The molecular formula is C17H18FNO2. The molecule has 0 spiro atoms. The van der Waals surface area contributed by atoms with Crippen molar-refractivity contribution in [3.63, 3.8) is 0 Å². The van der Waals surface area contributed by atoms with Crippen LogP contribution in [0.15, 0.2) is 36.4 Å². The van der Waals surface area contributed by atoms with Crippen molar-refractivity contribution in [2.75, 3.05) is 12.4 Å². The summed E-state index contributed by atoms with van der Waals surface area (Å²) in [4.78, 5) is 12.3. The zero-order chi connectivity index (χ0) is 15.4. The van der Waals surface area contributed by atoms with Crippen LogP contribution in [0.25, 0.3) is 0 Å². The Balaban J connectivity index is 2.30. The van der Waals surface area contributed by atoms with Crippen LogP contribution < -0.4 is 10.1 Å². The lowest BCUT2D eigenvalue weighted by Gasteiger charge is -2.13. The molecule has 0 heterocycles. The Hall–Kier alpha value is -2.36. The molecule has 0 radical (unpaired) electrons. The summed E-state index contributed by atoms with van der Waals surface area (Å²) in [5.74, 6) is -0.674. The van der Waals surface area contributed by atoms with Crippen LogP contribution in [0.1, 0.15) is 28.4 Å². The topological polar surface area (TPSA) is 38.3 Å². The minimum atomic E-state index is -0.599. The molecule has 2 aromatic rings. The largest absolute Gasteiger partial charge is 0.497 e. The minimum Gasteiger partial charge on any atom is -0.497 e. The number of ether oxygens (including phenoxy) is 1. The van der Waals surface area contributed by atoms with Crippen LogP contribution in [-0.2, 0) is 6.42 Å². The molecule has 0 saturated carbocycles. The van der Waals surface area contributed by atoms with Crippen molar-refractivity contribution in [2.45, 2.75) is 20.3 Å². The summed E-state index contributed by atoms with van der Waals surface area (Å²) in [6.07, 6.45) is 0.794. The van der Waals surface area contributed by atoms with Crippen LogP contribution in [0.2, 0.25) is 0 Å². The second-order valence-electron chi connectivity index (χ2n) is 4.76. The van der Waals surface area contributed by atoms with Crippen molar-refractivity contribution in [1.29, 1.82) is 0 Å². The number of hydrogen-bond acceptors (Lipinski definition) is 2. The third kappa shape index (κ3) is 3.21. The van der Waals surface area contributed by atoms with E-state index in [2.05, 4.69) is 5.32 Å². The number of halogens is 1. The molecule has 1 N–H and O–H groups in total. The van der Waals surface area contributed by atoms with Crippen LogP contribution in [-0.4, -0.2) is 13.0 Å². The van der Waals surface area contributed by atoms with Crippen LogP contribution in [0, 0.1) is 12.7 Å². The molecule has 0 saturated heterocycles. The molecular weight excluding hydrogens is 269 g/mol. The molecule has 0 aliphatic rings. The maximum absolute atomic E-state index is 13.9. The summed E-state index contributed by atoms with van der Waals surface area (Å²) in [7, 11) is 1.45. The first-order valence-corrected chi connectivity index (χ1v) is 6.80. The minimum absolute atomic E-state index is 0.00102. The summed E-state index contributed by atoms with van der Waals surface area (Å²) in [5, 5.41) is 2.80. The molecule has 0 aliphatic heterocycles. The van der Waals surface area contributed by atoms with Gasteiger partial charge >= 0.3 is 0 Å². The van der Waals surface area contributed by atoms with Gasteiger partial charge in [0.15, 0.2) is 0 Å². The average molecular weight is 287 g/mol. The monoisotopic (exact) mass is 287 g/mol. The number of nitrogens with one attached hydrogen (secondary N) is 1. The van der Waals surface area contributed by atoms with Gasteiger partial charge in [-0.15, -0.1) is 0 Å². The number of rotatable bonds is 4. The smallest absolute Gasteiger partial charge is 0.258 e. The van der Waals surface area contributed by atoms with E-state index in [0.29, 0.717) is 5.75 Å². The molecule has 110 valence electrons. The second kappa shape index (κ2) is 6.39. The quantitative estimate of drug-likeness (QED) is 0.924. The highest BCUT2D eigenvalue weighted by Crippen LogP contribution is 2.23.